The normalized spacial score (nSPS) is 10.7. The lowest BCUT2D eigenvalue weighted by Crippen LogP contribution is -2.22. The summed E-state index contributed by atoms with van der Waals surface area (Å²) < 4.78 is 18.4. The van der Waals surface area contributed by atoms with Crippen molar-refractivity contribution in [2.45, 2.75) is 13.2 Å². The molecule has 0 saturated heterocycles. The molecule has 0 aliphatic heterocycles. The highest BCUT2D eigenvalue weighted by molar-refractivity contribution is 5.91. The molecule has 36 heavy (non-hydrogen) atoms. The smallest absolute Gasteiger partial charge is 0.287 e. The number of amides is 1. The van der Waals surface area contributed by atoms with Gasteiger partial charge in [0.25, 0.3) is 5.91 Å². The molecule has 5 rings (SSSR count). The molecule has 0 fully saturated rings. The molecule has 0 radical (unpaired) electrons. The van der Waals surface area contributed by atoms with Gasteiger partial charge in [-0.1, -0.05) is 48.5 Å². The van der Waals surface area contributed by atoms with Crippen molar-refractivity contribution in [1.82, 2.24) is 15.1 Å². The number of ether oxygens (including phenoxy) is 2. The van der Waals surface area contributed by atoms with Crippen molar-refractivity contribution >= 4 is 5.91 Å². The van der Waals surface area contributed by atoms with Crippen molar-refractivity contribution in [3.05, 3.63) is 120 Å². The maximum absolute atomic E-state index is 12.8. The van der Waals surface area contributed by atoms with E-state index in [-0.39, 0.29) is 18.3 Å². The molecule has 180 valence electrons. The Hall–Kier alpha value is -4.78. The van der Waals surface area contributed by atoms with Crippen molar-refractivity contribution < 1.29 is 18.7 Å². The first-order valence-electron chi connectivity index (χ1n) is 11.5. The van der Waals surface area contributed by atoms with Crippen LogP contribution in [0.3, 0.4) is 0 Å². The Morgan fingerprint density at radius 2 is 1.58 bits per heavy atom. The summed E-state index contributed by atoms with van der Waals surface area (Å²) in [5.41, 5.74) is 3.63. The summed E-state index contributed by atoms with van der Waals surface area (Å²) >= 11 is 0. The molecule has 2 aromatic heterocycles. The van der Waals surface area contributed by atoms with Crippen LogP contribution in [0.1, 0.15) is 21.9 Å². The highest BCUT2D eigenvalue weighted by atomic mass is 16.5. The number of aromatic nitrogens is 2. The second-order valence-electron chi connectivity index (χ2n) is 8.06. The zero-order valence-corrected chi connectivity index (χ0v) is 19.8. The molecule has 7 nitrogen and oxygen atoms in total. The fraction of sp³-hybridized carbons (Fsp3) is 0.103. The van der Waals surface area contributed by atoms with E-state index in [9.17, 15) is 4.79 Å². The topological polar surface area (TPSA) is 78.5 Å². The summed E-state index contributed by atoms with van der Waals surface area (Å²) in [6, 6.07) is 30.4. The number of para-hydroxylation sites is 1. The van der Waals surface area contributed by atoms with Crippen LogP contribution in [0.2, 0.25) is 0 Å². The zero-order valence-electron chi connectivity index (χ0n) is 19.8. The Balaban J connectivity index is 1.26. The molecular weight excluding hydrogens is 454 g/mol. The minimum Gasteiger partial charge on any atom is -0.497 e. The minimum absolute atomic E-state index is 0.210. The van der Waals surface area contributed by atoms with Gasteiger partial charge >= 0.3 is 0 Å². The van der Waals surface area contributed by atoms with Crippen molar-refractivity contribution in [3.63, 3.8) is 0 Å². The highest BCUT2D eigenvalue weighted by Gasteiger charge is 2.16. The number of carbonyl (C=O) groups is 1. The van der Waals surface area contributed by atoms with Crippen LogP contribution in [-0.4, -0.2) is 22.8 Å². The van der Waals surface area contributed by atoms with Gasteiger partial charge in [0.1, 0.15) is 23.9 Å². The third-order valence-electron chi connectivity index (χ3n) is 5.62. The number of hydrogen-bond donors (Lipinski definition) is 1. The van der Waals surface area contributed by atoms with Crippen LogP contribution < -0.4 is 14.8 Å². The molecule has 2 heterocycles. The molecule has 7 heteroatoms. The SMILES string of the molecule is COc1ccc(OCc2ccc(C(=O)NCc3cn(-c4ccccc4)nc3-c3ccccc3)o2)cc1. The number of furan rings is 1. The fourth-order valence-corrected chi connectivity index (χ4v) is 3.76. The van der Waals surface area contributed by atoms with E-state index in [1.807, 2.05) is 95.8 Å². The average Bonchev–Trinajstić information content (AvgIpc) is 3.60. The summed E-state index contributed by atoms with van der Waals surface area (Å²) in [4.78, 5) is 12.8. The van der Waals surface area contributed by atoms with Crippen molar-refractivity contribution in [2.75, 3.05) is 7.11 Å². The fourth-order valence-electron chi connectivity index (χ4n) is 3.76. The van der Waals surface area contributed by atoms with Crippen LogP contribution in [0.25, 0.3) is 16.9 Å². The molecule has 0 aliphatic rings. The Morgan fingerprint density at radius 3 is 2.31 bits per heavy atom. The lowest BCUT2D eigenvalue weighted by atomic mass is 10.1. The maximum atomic E-state index is 12.8. The molecule has 0 aliphatic carbocycles. The van der Waals surface area contributed by atoms with Crippen LogP contribution >= 0.6 is 0 Å². The third-order valence-corrected chi connectivity index (χ3v) is 5.62. The lowest BCUT2D eigenvalue weighted by Gasteiger charge is -2.06. The zero-order chi connectivity index (χ0) is 24.7. The van der Waals surface area contributed by atoms with E-state index < -0.39 is 0 Å². The molecule has 0 bridgehead atoms. The number of nitrogens with one attached hydrogen (secondary N) is 1. The van der Waals surface area contributed by atoms with Crippen LogP contribution in [0.4, 0.5) is 0 Å². The summed E-state index contributed by atoms with van der Waals surface area (Å²) in [7, 11) is 1.61. The first kappa shape index (κ1) is 23.0. The Labute approximate surface area is 208 Å². The standard InChI is InChI=1S/C29H25N3O4/c1-34-24-12-14-25(15-13-24)35-20-26-16-17-27(36-26)29(33)30-18-22-19-32(23-10-6-3-7-11-23)31-28(22)21-8-4-2-5-9-21/h2-17,19H,18,20H2,1H3,(H,30,33). The van der Waals surface area contributed by atoms with Gasteiger partial charge in [-0.3, -0.25) is 4.79 Å². The first-order chi connectivity index (χ1) is 17.7. The number of rotatable bonds is 9. The van der Waals surface area contributed by atoms with E-state index in [0.717, 1.165) is 28.3 Å². The van der Waals surface area contributed by atoms with E-state index in [4.69, 9.17) is 19.0 Å². The summed E-state index contributed by atoms with van der Waals surface area (Å²) in [5, 5.41) is 7.74. The average molecular weight is 480 g/mol. The van der Waals surface area contributed by atoms with Gasteiger partial charge in [0.05, 0.1) is 18.5 Å². The quantitative estimate of drug-likeness (QED) is 0.296. The number of benzene rings is 3. The molecule has 0 spiro atoms. The number of hydrogen-bond acceptors (Lipinski definition) is 5. The van der Waals surface area contributed by atoms with Crippen LogP contribution in [0.5, 0.6) is 11.5 Å². The molecule has 1 N–H and O–H groups in total. The highest BCUT2D eigenvalue weighted by Crippen LogP contribution is 2.24. The third kappa shape index (κ3) is 5.31. The Kier molecular flexibility index (Phi) is 6.80. The van der Waals surface area contributed by atoms with E-state index in [2.05, 4.69) is 5.32 Å². The largest absolute Gasteiger partial charge is 0.497 e. The summed E-state index contributed by atoms with van der Waals surface area (Å²) in [5.74, 6) is 1.90. The van der Waals surface area contributed by atoms with Gasteiger partial charge < -0.3 is 19.2 Å². The summed E-state index contributed by atoms with van der Waals surface area (Å²) in [6.45, 7) is 0.510. The van der Waals surface area contributed by atoms with Crippen LogP contribution in [-0.2, 0) is 13.2 Å². The van der Waals surface area contributed by atoms with Gasteiger partial charge in [0, 0.05) is 23.9 Å². The second-order valence-corrected chi connectivity index (χ2v) is 8.06. The van der Waals surface area contributed by atoms with E-state index >= 15 is 0 Å². The van der Waals surface area contributed by atoms with E-state index in [1.54, 1.807) is 19.2 Å². The molecule has 0 saturated carbocycles. The first-order valence-corrected chi connectivity index (χ1v) is 11.5. The van der Waals surface area contributed by atoms with Gasteiger partial charge in [-0.05, 0) is 48.5 Å². The van der Waals surface area contributed by atoms with E-state index in [1.165, 1.54) is 0 Å². The maximum Gasteiger partial charge on any atom is 0.287 e. The lowest BCUT2D eigenvalue weighted by molar-refractivity contribution is 0.0919. The molecule has 0 atom stereocenters. The number of nitrogens with zero attached hydrogens (tertiary/aromatic N) is 2. The van der Waals surface area contributed by atoms with Crippen LogP contribution in [0.15, 0.2) is 108 Å². The van der Waals surface area contributed by atoms with Gasteiger partial charge in [0.15, 0.2) is 5.76 Å². The molecule has 1 amide bonds. The monoisotopic (exact) mass is 479 g/mol. The predicted octanol–water partition coefficient (Wildman–Crippen LogP) is 5.65. The van der Waals surface area contributed by atoms with E-state index in [0.29, 0.717) is 18.1 Å². The number of methoxy groups -OCH3 is 1. The van der Waals surface area contributed by atoms with Crippen molar-refractivity contribution in [3.8, 4) is 28.4 Å². The van der Waals surface area contributed by atoms with Gasteiger partial charge in [-0.25, -0.2) is 4.68 Å². The van der Waals surface area contributed by atoms with Crippen molar-refractivity contribution in [2.24, 2.45) is 0 Å². The number of carbonyl (C=O) groups excluding carboxylic acids is 1. The van der Waals surface area contributed by atoms with Gasteiger partial charge in [-0.2, -0.15) is 5.10 Å². The molecule has 3 aromatic carbocycles. The minimum atomic E-state index is -0.308. The predicted molar refractivity (Wildman–Crippen MR) is 136 cm³/mol. The van der Waals surface area contributed by atoms with Gasteiger partial charge in [0.2, 0.25) is 0 Å². The summed E-state index contributed by atoms with van der Waals surface area (Å²) in [6.07, 6.45) is 1.94. The second kappa shape index (κ2) is 10.7. The molecular formula is C29H25N3O4. The van der Waals surface area contributed by atoms with Crippen LogP contribution in [0, 0.1) is 0 Å². The van der Waals surface area contributed by atoms with Gasteiger partial charge in [-0.15, -0.1) is 0 Å². The molecule has 5 aromatic rings. The van der Waals surface area contributed by atoms with Crippen molar-refractivity contribution in [1.29, 1.82) is 0 Å². The Morgan fingerprint density at radius 1 is 0.889 bits per heavy atom. The molecule has 0 unspecified atom stereocenters. The Bertz CT molecular complexity index is 1420.